The van der Waals surface area contributed by atoms with Gasteiger partial charge < -0.3 is 15.4 Å². The van der Waals surface area contributed by atoms with Gasteiger partial charge >= 0.3 is 6.09 Å². The molecule has 0 fully saturated rings. The fourth-order valence-corrected chi connectivity index (χ4v) is 1.03. The minimum Gasteiger partial charge on any atom is -0.444 e. The first-order valence-electron chi connectivity index (χ1n) is 5.72. The van der Waals surface area contributed by atoms with Crippen molar-refractivity contribution in [1.82, 2.24) is 10.6 Å². The monoisotopic (exact) mass is 244 g/mol. The summed E-state index contributed by atoms with van der Waals surface area (Å²) in [4.78, 5) is 23.1. The van der Waals surface area contributed by atoms with Crippen LogP contribution < -0.4 is 10.6 Å². The molecule has 0 aliphatic heterocycles. The number of nitrogens with one attached hydrogen (secondary N) is 2. The van der Waals surface area contributed by atoms with Gasteiger partial charge in [0.05, 0.1) is 0 Å². The molecule has 5 nitrogen and oxygen atoms in total. The van der Waals surface area contributed by atoms with Crippen molar-refractivity contribution < 1.29 is 14.3 Å². The first-order valence-corrected chi connectivity index (χ1v) is 5.72. The summed E-state index contributed by atoms with van der Waals surface area (Å²) in [5.74, 6) is -0.233. The van der Waals surface area contributed by atoms with Gasteiger partial charge in [0.25, 0.3) is 0 Å². The van der Waals surface area contributed by atoms with Crippen molar-refractivity contribution in [3.8, 4) is 0 Å². The summed E-state index contributed by atoms with van der Waals surface area (Å²) >= 11 is 0. The summed E-state index contributed by atoms with van der Waals surface area (Å²) in [5, 5.41) is 5.26. The second-order valence-electron chi connectivity index (χ2n) is 6.11. The fourth-order valence-electron chi connectivity index (χ4n) is 1.03. The lowest BCUT2D eigenvalue weighted by atomic mass is 10.1. The van der Waals surface area contributed by atoms with Gasteiger partial charge in [0.1, 0.15) is 11.6 Å². The Balaban J connectivity index is 4.22. The van der Waals surface area contributed by atoms with Gasteiger partial charge in [0.15, 0.2) is 0 Å². The van der Waals surface area contributed by atoms with Crippen molar-refractivity contribution in [2.45, 2.75) is 65.6 Å². The van der Waals surface area contributed by atoms with E-state index in [4.69, 9.17) is 4.74 Å². The van der Waals surface area contributed by atoms with Crippen LogP contribution in [0.25, 0.3) is 0 Å². The van der Waals surface area contributed by atoms with Gasteiger partial charge in [-0.25, -0.2) is 4.79 Å². The van der Waals surface area contributed by atoms with Crippen LogP contribution in [0.4, 0.5) is 4.79 Å². The fraction of sp³-hybridized carbons (Fsp3) is 0.833. The molecule has 0 aromatic rings. The Morgan fingerprint density at radius 2 is 1.53 bits per heavy atom. The highest BCUT2D eigenvalue weighted by molar-refractivity contribution is 5.85. The van der Waals surface area contributed by atoms with E-state index in [0.717, 1.165) is 0 Å². The Bertz CT molecular complexity index is 287. The molecule has 0 spiro atoms. The average molecular weight is 244 g/mol. The van der Waals surface area contributed by atoms with Crippen LogP contribution in [0.5, 0.6) is 0 Å². The van der Waals surface area contributed by atoms with E-state index in [2.05, 4.69) is 10.6 Å². The van der Waals surface area contributed by atoms with E-state index >= 15 is 0 Å². The summed E-state index contributed by atoms with van der Waals surface area (Å²) in [6.07, 6.45) is -0.589. The molecule has 0 bridgehead atoms. The molecular weight excluding hydrogens is 220 g/mol. The Hall–Kier alpha value is -1.26. The quantitative estimate of drug-likeness (QED) is 0.778. The molecule has 1 unspecified atom stereocenters. The van der Waals surface area contributed by atoms with E-state index in [1.165, 1.54) is 0 Å². The van der Waals surface area contributed by atoms with Crippen LogP contribution in [0.1, 0.15) is 48.5 Å². The number of alkyl carbamates (subject to hydrolysis) is 1. The van der Waals surface area contributed by atoms with Crippen molar-refractivity contribution in [1.29, 1.82) is 0 Å². The van der Waals surface area contributed by atoms with Crippen LogP contribution >= 0.6 is 0 Å². The van der Waals surface area contributed by atoms with Crippen LogP contribution in [0.2, 0.25) is 0 Å². The second kappa shape index (κ2) is 5.38. The lowest BCUT2D eigenvalue weighted by Gasteiger charge is -2.25. The van der Waals surface area contributed by atoms with E-state index in [0.29, 0.717) is 0 Å². The van der Waals surface area contributed by atoms with Crippen molar-refractivity contribution in [2.24, 2.45) is 0 Å². The Morgan fingerprint density at radius 1 is 1.06 bits per heavy atom. The van der Waals surface area contributed by atoms with Gasteiger partial charge in [0, 0.05) is 5.54 Å². The van der Waals surface area contributed by atoms with Crippen LogP contribution in [0.15, 0.2) is 0 Å². The van der Waals surface area contributed by atoms with Crippen molar-refractivity contribution in [2.75, 3.05) is 0 Å². The number of amides is 2. The molecule has 17 heavy (non-hydrogen) atoms. The summed E-state index contributed by atoms with van der Waals surface area (Å²) in [5.41, 5.74) is -0.884. The van der Waals surface area contributed by atoms with Crippen molar-refractivity contribution >= 4 is 12.0 Å². The third kappa shape index (κ3) is 8.54. The zero-order valence-electron chi connectivity index (χ0n) is 11.8. The van der Waals surface area contributed by atoms with E-state index < -0.39 is 17.7 Å². The highest BCUT2D eigenvalue weighted by atomic mass is 16.6. The third-order valence-corrected chi connectivity index (χ3v) is 1.62. The van der Waals surface area contributed by atoms with E-state index in [1.54, 1.807) is 27.7 Å². The number of carbonyl (C=O) groups excluding carboxylic acids is 2. The topological polar surface area (TPSA) is 67.4 Å². The van der Waals surface area contributed by atoms with E-state index in [-0.39, 0.29) is 11.4 Å². The summed E-state index contributed by atoms with van der Waals surface area (Å²) in [7, 11) is 0. The van der Waals surface area contributed by atoms with Crippen LogP contribution in [0.3, 0.4) is 0 Å². The van der Waals surface area contributed by atoms with Gasteiger partial charge in [-0.1, -0.05) is 0 Å². The Kier molecular flexibility index (Phi) is 4.98. The first-order chi connectivity index (χ1) is 7.41. The highest BCUT2D eigenvalue weighted by Gasteiger charge is 2.23. The average Bonchev–Trinajstić information content (AvgIpc) is 1.95. The smallest absolute Gasteiger partial charge is 0.408 e. The van der Waals surface area contributed by atoms with Crippen molar-refractivity contribution in [3.63, 3.8) is 0 Å². The maximum Gasteiger partial charge on any atom is 0.408 e. The molecule has 2 amide bonds. The molecule has 0 saturated carbocycles. The van der Waals surface area contributed by atoms with E-state index in [1.807, 2.05) is 20.8 Å². The number of ether oxygens (including phenoxy) is 1. The molecule has 0 aromatic heterocycles. The number of carbonyl (C=O) groups is 2. The van der Waals surface area contributed by atoms with Crippen molar-refractivity contribution in [3.05, 3.63) is 0 Å². The predicted molar refractivity (Wildman–Crippen MR) is 66.7 cm³/mol. The maximum absolute atomic E-state index is 11.7. The number of hydrogen-bond donors (Lipinski definition) is 2. The van der Waals surface area contributed by atoms with Gasteiger partial charge in [-0.05, 0) is 48.5 Å². The van der Waals surface area contributed by atoms with Crippen LogP contribution in [0, 0.1) is 0 Å². The number of rotatable bonds is 2. The van der Waals surface area contributed by atoms with Gasteiger partial charge in [-0.3, -0.25) is 4.79 Å². The minimum atomic E-state index is -0.621. The zero-order chi connectivity index (χ0) is 13.9. The molecule has 100 valence electrons. The summed E-state index contributed by atoms with van der Waals surface area (Å²) in [6, 6.07) is -0.621. The molecule has 0 heterocycles. The Morgan fingerprint density at radius 3 is 1.88 bits per heavy atom. The first kappa shape index (κ1) is 15.7. The molecule has 0 saturated heterocycles. The molecule has 5 heteroatoms. The zero-order valence-corrected chi connectivity index (χ0v) is 11.8. The molecule has 0 aromatic carbocycles. The van der Waals surface area contributed by atoms with E-state index in [9.17, 15) is 9.59 Å². The predicted octanol–water partition coefficient (Wildman–Crippen LogP) is 1.81. The molecule has 2 N–H and O–H groups in total. The molecular formula is C12H24N2O3. The lowest BCUT2D eigenvalue weighted by molar-refractivity contribution is -0.124. The molecule has 0 aliphatic carbocycles. The lowest BCUT2D eigenvalue weighted by Crippen LogP contribution is -2.51. The van der Waals surface area contributed by atoms with Gasteiger partial charge in [0.2, 0.25) is 5.91 Å². The second-order valence-corrected chi connectivity index (χ2v) is 6.11. The molecule has 0 radical (unpaired) electrons. The normalized spacial score (nSPS) is 13.8. The largest absolute Gasteiger partial charge is 0.444 e. The summed E-state index contributed by atoms with van der Waals surface area (Å²) < 4.78 is 5.06. The Labute approximate surface area is 103 Å². The molecule has 1 atom stereocenters. The van der Waals surface area contributed by atoms with Gasteiger partial charge in [-0.2, -0.15) is 0 Å². The van der Waals surface area contributed by atoms with Crippen LogP contribution in [-0.2, 0) is 9.53 Å². The van der Waals surface area contributed by atoms with Crippen LogP contribution in [-0.4, -0.2) is 29.2 Å². The molecule has 0 aliphatic rings. The number of hydrogen-bond acceptors (Lipinski definition) is 3. The standard InChI is InChI=1S/C12H24N2O3/c1-8(9(15)14-11(2,3)4)13-10(16)17-12(5,6)7/h8H,1-7H3,(H,13,16)(H,14,15). The third-order valence-electron chi connectivity index (χ3n) is 1.62. The molecule has 0 rings (SSSR count). The highest BCUT2D eigenvalue weighted by Crippen LogP contribution is 2.07. The maximum atomic E-state index is 11.7. The summed E-state index contributed by atoms with van der Waals surface area (Å²) in [6.45, 7) is 12.6. The minimum absolute atomic E-state index is 0.233. The van der Waals surface area contributed by atoms with Gasteiger partial charge in [-0.15, -0.1) is 0 Å². The SMILES string of the molecule is CC(NC(=O)OC(C)(C)C)C(=O)NC(C)(C)C.